The Kier molecular flexibility index (Phi) is 13.4. The van der Waals surface area contributed by atoms with Gasteiger partial charge in [0.2, 0.25) is 0 Å². The van der Waals surface area contributed by atoms with Gasteiger partial charge in [0.05, 0.1) is 0 Å². The molecule has 0 saturated heterocycles. The highest BCUT2D eigenvalue weighted by atomic mass is 28.4. The molecule has 0 aromatic carbocycles. The van der Waals surface area contributed by atoms with Crippen LogP contribution in [0.15, 0.2) is 0 Å². The average Bonchev–Trinajstić information content (AvgIpc) is 2.07. The lowest BCUT2D eigenvalue weighted by atomic mass is 11.8. The summed E-state index contributed by atoms with van der Waals surface area (Å²) in [5.41, 5.74) is 0. The summed E-state index contributed by atoms with van der Waals surface area (Å²) in [5, 5.41) is 0. The molecule has 0 aliphatic rings. The van der Waals surface area contributed by atoms with Gasteiger partial charge in [-0.05, 0) is 78.6 Å². The molecule has 0 amide bonds. The third-order valence-electron chi connectivity index (χ3n) is 1.97. The van der Waals surface area contributed by atoms with Crippen molar-refractivity contribution in [2.75, 3.05) is 0 Å². The minimum Gasteiger partial charge on any atom is -0.442 e. The van der Waals surface area contributed by atoms with Crippen LogP contribution in [0.3, 0.4) is 0 Å². The molecule has 10 heteroatoms. The van der Waals surface area contributed by atoms with Gasteiger partial charge in [0.25, 0.3) is 18.6 Å². The first-order chi connectivity index (χ1) is 9.62. The molecule has 0 radical (unpaired) electrons. The van der Waals surface area contributed by atoms with Crippen LogP contribution in [0, 0.1) is 0 Å². The van der Waals surface area contributed by atoms with Gasteiger partial charge in [-0.2, -0.15) is 0 Å². The first-order valence-electron chi connectivity index (χ1n) is 8.29. The fraction of sp³-hybridized carbons (Fsp3) is 1.00. The maximum Gasteiger partial charge on any atom is 0.297 e. The molecule has 0 bridgehead atoms. The first-order valence-corrected chi connectivity index (χ1v) is 24.9. The van der Waals surface area contributed by atoms with Crippen LogP contribution in [0.2, 0.25) is 78.6 Å². The fourth-order valence-electron chi connectivity index (χ4n) is 1.82. The maximum atomic E-state index is 5.90. The van der Waals surface area contributed by atoms with E-state index in [1.807, 2.05) is 0 Å². The van der Waals surface area contributed by atoms with Crippen LogP contribution in [-0.4, -0.2) is 53.3 Å². The van der Waals surface area contributed by atoms with Gasteiger partial charge < -0.3 is 16.5 Å². The van der Waals surface area contributed by atoms with Crippen LogP contribution in [0.5, 0.6) is 0 Å². The SMILES string of the molecule is C[SiH](C)O[SiH](C)O[SiH](C)C.C[SiH](O[Si](C)(C)C)O[Si](C)(C)C. The van der Waals surface area contributed by atoms with Gasteiger partial charge in [-0.25, -0.2) is 0 Å². The molecule has 0 N–H and O–H groups in total. The van der Waals surface area contributed by atoms with Crippen LogP contribution < -0.4 is 0 Å². The molecule has 0 aromatic heterocycles. The topological polar surface area (TPSA) is 36.9 Å². The molecule has 0 aliphatic heterocycles. The van der Waals surface area contributed by atoms with E-state index in [1.165, 1.54) is 0 Å². The lowest BCUT2D eigenvalue weighted by Gasteiger charge is -2.28. The predicted octanol–water partition coefficient (Wildman–Crippen LogP) is 3.38. The normalized spacial score (nSPS) is 13.1. The molecule has 136 valence electrons. The van der Waals surface area contributed by atoms with Crippen molar-refractivity contribution in [3.8, 4) is 0 Å². The minimum atomic E-state index is -1.36. The van der Waals surface area contributed by atoms with E-state index in [-0.39, 0.29) is 0 Å². The Morgan fingerprint density at radius 1 is 0.500 bits per heavy atom. The highest BCUT2D eigenvalue weighted by Crippen LogP contribution is 2.10. The smallest absolute Gasteiger partial charge is 0.297 e. The molecule has 0 fully saturated rings. The Morgan fingerprint density at radius 2 is 0.773 bits per heavy atom. The molecule has 0 saturated carbocycles. The Balaban J connectivity index is 0. The highest BCUT2D eigenvalue weighted by molar-refractivity contribution is 6.80. The summed E-state index contributed by atoms with van der Waals surface area (Å²) in [5.74, 6) is 0. The number of rotatable bonds is 8. The molecule has 0 unspecified atom stereocenters. The van der Waals surface area contributed by atoms with Crippen molar-refractivity contribution in [3.05, 3.63) is 0 Å². The third kappa shape index (κ3) is 23.4. The van der Waals surface area contributed by atoms with Crippen molar-refractivity contribution in [1.29, 1.82) is 0 Å². The Hall–Kier alpha value is 1.14. The van der Waals surface area contributed by atoms with E-state index in [2.05, 4.69) is 78.6 Å². The zero-order valence-corrected chi connectivity index (χ0v) is 23.6. The highest BCUT2D eigenvalue weighted by Gasteiger charge is 2.24. The number of hydrogen-bond donors (Lipinski definition) is 0. The number of hydrogen-bond acceptors (Lipinski definition) is 4. The molecule has 22 heavy (non-hydrogen) atoms. The molecule has 0 aliphatic carbocycles. The van der Waals surface area contributed by atoms with Gasteiger partial charge in [-0.3, -0.25) is 0 Å². The molecule has 0 aromatic rings. The van der Waals surface area contributed by atoms with Crippen LogP contribution in [0.1, 0.15) is 0 Å². The molecular formula is C12H40O4Si6. The summed E-state index contributed by atoms with van der Waals surface area (Å²) in [7, 11) is -6.90. The zero-order valence-electron chi connectivity index (χ0n) is 16.9. The Bertz CT molecular complexity index is 252. The van der Waals surface area contributed by atoms with E-state index in [9.17, 15) is 0 Å². The van der Waals surface area contributed by atoms with E-state index in [0.717, 1.165) is 0 Å². The second-order valence-corrected chi connectivity index (χ2v) is 26.9. The van der Waals surface area contributed by atoms with Gasteiger partial charge >= 0.3 is 0 Å². The van der Waals surface area contributed by atoms with Crippen LogP contribution in [0.4, 0.5) is 0 Å². The molecule has 0 heterocycles. The lowest BCUT2D eigenvalue weighted by molar-refractivity contribution is 0.428. The largest absolute Gasteiger partial charge is 0.442 e. The second kappa shape index (κ2) is 11.7. The predicted molar refractivity (Wildman–Crippen MR) is 115 cm³/mol. The van der Waals surface area contributed by atoms with Gasteiger partial charge in [0, 0.05) is 0 Å². The molecule has 0 atom stereocenters. The third-order valence-corrected chi connectivity index (χ3v) is 17.7. The summed E-state index contributed by atoms with van der Waals surface area (Å²) in [4.78, 5) is 0. The van der Waals surface area contributed by atoms with Gasteiger partial charge in [-0.1, -0.05) is 0 Å². The zero-order chi connectivity index (χ0) is 18.1. The molecule has 0 spiro atoms. The van der Waals surface area contributed by atoms with E-state index in [4.69, 9.17) is 16.5 Å². The van der Waals surface area contributed by atoms with E-state index < -0.39 is 53.3 Å². The van der Waals surface area contributed by atoms with Crippen LogP contribution >= 0.6 is 0 Å². The lowest BCUT2D eigenvalue weighted by Crippen LogP contribution is -2.41. The quantitative estimate of drug-likeness (QED) is 0.568. The standard InChI is InChI=1S/C7H22O2Si3.C5H18O2Si3/c1-10(8-11(2,3)4)9-12(5,6)7;1-8(2)6-10(5)7-9(3)4/h10H,1-7H3;8-10H,1-5H3. The monoisotopic (exact) mass is 416 g/mol. The maximum absolute atomic E-state index is 5.90. The van der Waals surface area contributed by atoms with Crippen molar-refractivity contribution in [3.63, 3.8) is 0 Å². The van der Waals surface area contributed by atoms with Crippen molar-refractivity contribution in [2.24, 2.45) is 0 Å². The average molecular weight is 417 g/mol. The van der Waals surface area contributed by atoms with Gasteiger partial charge in [0.15, 0.2) is 34.7 Å². The summed E-state index contributed by atoms with van der Waals surface area (Å²) in [6.07, 6.45) is 0. The van der Waals surface area contributed by atoms with Crippen molar-refractivity contribution >= 4 is 53.3 Å². The molecule has 0 rings (SSSR count). The first kappa shape index (κ1) is 25.4. The minimum absolute atomic E-state index is 0.828. The molecular weight excluding hydrogens is 377 g/mol. The second-order valence-electron chi connectivity index (χ2n) is 7.97. The van der Waals surface area contributed by atoms with Gasteiger partial charge in [-0.15, -0.1) is 0 Å². The fourth-order valence-corrected chi connectivity index (χ4v) is 17.4. The van der Waals surface area contributed by atoms with E-state index in [0.29, 0.717) is 0 Å². The van der Waals surface area contributed by atoms with E-state index >= 15 is 0 Å². The van der Waals surface area contributed by atoms with Crippen molar-refractivity contribution in [2.45, 2.75) is 78.6 Å². The van der Waals surface area contributed by atoms with Crippen molar-refractivity contribution in [1.82, 2.24) is 0 Å². The molecule has 4 nitrogen and oxygen atoms in total. The van der Waals surface area contributed by atoms with Gasteiger partial charge in [0.1, 0.15) is 0 Å². The van der Waals surface area contributed by atoms with Crippen molar-refractivity contribution < 1.29 is 16.5 Å². The summed E-state index contributed by atoms with van der Waals surface area (Å²) in [6, 6.07) is 0. The summed E-state index contributed by atoms with van der Waals surface area (Å²) in [6.45, 7) is 26.3. The van der Waals surface area contributed by atoms with Crippen LogP contribution in [-0.2, 0) is 16.5 Å². The summed E-state index contributed by atoms with van der Waals surface area (Å²) >= 11 is 0. The Labute approximate surface area is 148 Å². The van der Waals surface area contributed by atoms with E-state index in [1.54, 1.807) is 0 Å². The summed E-state index contributed by atoms with van der Waals surface area (Å²) < 4.78 is 23.1. The Morgan fingerprint density at radius 3 is 0.955 bits per heavy atom. The van der Waals surface area contributed by atoms with Crippen LogP contribution in [0.25, 0.3) is 0 Å².